The molecule has 0 unspecified atom stereocenters. The molecule has 88 valence electrons. The first kappa shape index (κ1) is 10.1. The van der Waals surface area contributed by atoms with Crippen molar-refractivity contribution in [1.29, 1.82) is 0 Å². The van der Waals surface area contributed by atoms with Gasteiger partial charge in [-0.2, -0.15) is 4.98 Å². The van der Waals surface area contributed by atoms with Gasteiger partial charge in [0.15, 0.2) is 5.82 Å². The molecule has 1 heterocycles. The Bertz CT molecular complexity index is 546. The number of aromatic hydroxyl groups is 1. The third kappa shape index (κ3) is 1.84. The number of phenols is 1. The number of phenolic OH excluding ortho intramolecular Hbond substituents is 1. The number of nitrogens with zero attached hydrogens (tertiary/aromatic N) is 2. The normalized spacial score (nSPS) is 14.9. The Balaban J connectivity index is 1.96. The van der Waals surface area contributed by atoms with Crippen molar-refractivity contribution in [2.75, 3.05) is 7.11 Å². The number of rotatable bonds is 3. The highest BCUT2D eigenvalue weighted by Crippen LogP contribution is 2.39. The minimum atomic E-state index is 0.0790. The van der Waals surface area contributed by atoms with Crippen LogP contribution in [0.25, 0.3) is 11.5 Å². The number of hydrogen-bond acceptors (Lipinski definition) is 5. The van der Waals surface area contributed by atoms with Gasteiger partial charge in [-0.05, 0) is 25.0 Å². The Hall–Kier alpha value is -2.04. The average Bonchev–Trinajstić information content (AvgIpc) is 3.08. The minimum absolute atomic E-state index is 0.0790. The first-order chi connectivity index (χ1) is 8.28. The van der Waals surface area contributed by atoms with Gasteiger partial charge in [-0.25, -0.2) is 0 Å². The van der Waals surface area contributed by atoms with Gasteiger partial charge in [0.05, 0.1) is 12.7 Å². The van der Waals surface area contributed by atoms with E-state index in [1.807, 2.05) is 0 Å². The van der Waals surface area contributed by atoms with Crippen molar-refractivity contribution in [3.8, 4) is 23.0 Å². The number of ether oxygens (including phenoxy) is 1. The molecule has 0 amide bonds. The van der Waals surface area contributed by atoms with Crippen LogP contribution < -0.4 is 4.74 Å². The standard InChI is InChI=1S/C12H12N2O3/c1-16-8-4-5-9(10(15)6-8)12-13-11(14-17-12)7-2-3-7/h4-7,15H,2-3H2,1H3. The van der Waals surface area contributed by atoms with Crippen LogP contribution in [0.2, 0.25) is 0 Å². The first-order valence-electron chi connectivity index (χ1n) is 5.49. The quantitative estimate of drug-likeness (QED) is 0.879. The van der Waals surface area contributed by atoms with Crippen LogP contribution in [0.15, 0.2) is 22.7 Å². The van der Waals surface area contributed by atoms with Crippen molar-refractivity contribution in [2.45, 2.75) is 18.8 Å². The molecule has 5 nitrogen and oxygen atoms in total. The molecule has 17 heavy (non-hydrogen) atoms. The van der Waals surface area contributed by atoms with E-state index in [2.05, 4.69) is 10.1 Å². The Labute approximate surface area is 98.0 Å². The van der Waals surface area contributed by atoms with Crippen molar-refractivity contribution < 1.29 is 14.4 Å². The molecule has 1 aliphatic carbocycles. The molecular weight excluding hydrogens is 220 g/mol. The second kappa shape index (κ2) is 3.76. The summed E-state index contributed by atoms with van der Waals surface area (Å²) in [5.74, 6) is 2.19. The van der Waals surface area contributed by atoms with E-state index in [0.29, 0.717) is 23.1 Å². The lowest BCUT2D eigenvalue weighted by molar-refractivity contribution is 0.404. The Kier molecular flexibility index (Phi) is 2.24. The Morgan fingerprint density at radius 1 is 1.41 bits per heavy atom. The Morgan fingerprint density at radius 2 is 2.24 bits per heavy atom. The molecule has 5 heteroatoms. The van der Waals surface area contributed by atoms with Crippen LogP contribution in [0, 0.1) is 0 Å². The summed E-state index contributed by atoms with van der Waals surface area (Å²) in [4.78, 5) is 4.28. The molecule has 1 aromatic heterocycles. The van der Waals surface area contributed by atoms with Crippen LogP contribution in [-0.4, -0.2) is 22.4 Å². The summed E-state index contributed by atoms with van der Waals surface area (Å²) >= 11 is 0. The van der Waals surface area contributed by atoms with Crippen molar-refractivity contribution in [3.05, 3.63) is 24.0 Å². The van der Waals surface area contributed by atoms with Crippen LogP contribution in [-0.2, 0) is 0 Å². The van der Waals surface area contributed by atoms with E-state index in [9.17, 15) is 5.11 Å². The van der Waals surface area contributed by atoms with Gasteiger partial charge in [0.1, 0.15) is 11.5 Å². The monoisotopic (exact) mass is 232 g/mol. The fourth-order valence-corrected chi connectivity index (χ4v) is 1.67. The highest BCUT2D eigenvalue weighted by molar-refractivity contribution is 5.63. The first-order valence-corrected chi connectivity index (χ1v) is 5.49. The van der Waals surface area contributed by atoms with E-state index in [1.54, 1.807) is 19.2 Å². The zero-order valence-electron chi connectivity index (χ0n) is 9.38. The molecule has 1 saturated carbocycles. The van der Waals surface area contributed by atoms with Gasteiger partial charge in [0.2, 0.25) is 0 Å². The number of hydrogen-bond donors (Lipinski definition) is 1. The molecule has 2 aromatic rings. The van der Waals surface area contributed by atoms with Crippen molar-refractivity contribution in [2.24, 2.45) is 0 Å². The zero-order valence-corrected chi connectivity index (χ0v) is 9.38. The van der Waals surface area contributed by atoms with Gasteiger partial charge in [-0.1, -0.05) is 5.16 Å². The third-order valence-electron chi connectivity index (χ3n) is 2.82. The summed E-state index contributed by atoms with van der Waals surface area (Å²) in [6.45, 7) is 0. The van der Waals surface area contributed by atoms with E-state index in [0.717, 1.165) is 18.7 Å². The van der Waals surface area contributed by atoms with Crippen LogP contribution in [0.5, 0.6) is 11.5 Å². The SMILES string of the molecule is COc1ccc(-c2nc(C3CC3)no2)c(O)c1. The van der Waals surface area contributed by atoms with Gasteiger partial charge >= 0.3 is 0 Å². The van der Waals surface area contributed by atoms with E-state index in [-0.39, 0.29) is 5.75 Å². The molecule has 0 aliphatic heterocycles. The van der Waals surface area contributed by atoms with E-state index in [1.165, 1.54) is 6.07 Å². The summed E-state index contributed by atoms with van der Waals surface area (Å²) in [6, 6.07) is 4.98. The lowest BCUT2D eigenvalue weighted by Gasteiger charge is -2.02. The molecule has 1 fully saturated rings. The second-order valence-corrected chi connectivity index (χ2v) is 4.12. The van der Waals surface area contributed by atoms with E-state index >= 15 is 0 Å². The summed E-state index contributed by atoms with van der Waals surface area (Å²) in [5.41, 5.74) is 0.533. The van der Waals surface area contributed by atoms with Crippen LogP contribution in [0.4, 0.5) is 0 Å². The molecule has 0 radical (unpaired) electrons. The van der Waals surface area contributed by atoms with Crippen molar-refractivity contribution >= 4 is 0 Å². The number of methoxy groups -OCH3 is 1. The highest BCUT2D eigenvalue weighted by atomic mass is 16.5. The van der Waals surface area contributed by atoms with Crippen molar-refractivity contribution in [1.82, 2.24) is 10.1 Å². The molecule has 1 aliphatic rings. The maximum atomic E-state index is 9.83. The average molecular weight is 232 g/mol. The molecule has 0 spiro atoms. The van der Waals surface area contributed by atoms with Gasteiger partial charge < -0.3 is 14.4 Å². The fraction of sp³-hybridized carbons (Fsp3) is 0.333. The molecule has 0 saturated heterocycles. The van der Waals surface area contributed by atoms with Crippen LogP contribution in [0.1, 0.15) is 24.6 Å². The summed E-state index contributed by atoms with van der Waals surface area (Å²) in [5, 5.41) is 13.7. The van der Waals surface area contributed by atoms with Crippen LogP contribution in [0.3, 0.4) is 0 Å². The number of benzene rings is 1. The summed E-state index contributed by atoms with van der Waals surface area (Å²) in [6.07, 6.45) is 2.24. The molecule has 0 atom stereocenters. The maximum Gasteiger partial charge on any atom is 0.261 e. The molecule has 1 aromatic carbocycles. The molecule has 0 bridgehead atoms. The predicted molar refractivity (Wildman–Crippen MR) is 59.9 cm³/mol. The zero-order chi connectivity index (χ0) is 11.8. The van der Waals surface area contributed by atoms with Crippen molar-refractivity contribution in [3.63, 3.8) is 0 Å². The van der Waals surface area contributed by atoms with Crippen LogP contribution >= 0.6 is 0 Å². The largest absolute Gasteiger partial charge is 0.507 e. The maximum absolute atomic E-state index is 9.83. The van der Waals surface area contributed by atoms with E-state index in [4.69, 9.17) is 9.26 Å². The Morgan fingerprint density at radius 3 is 2.88 bits per heavy atom. The van der Waals surface area contributed by atoms with Gasteiger partial charge in [0, 0.05) is 12.0 Å². The smallest absolute Gasteiger partial charge is 0.261 e. The molecule has 3 rings (SSSR count). The topological polar surface area (TPSA) is 68.4 Å². The lowest BCUT2D eigenvalue weighted by atomic mass is 10.2. The fourth-order valence-electron chi connectivity index (χ4n) is 1.67. The summed E-state index contributed by atoms with van der Waals surface area (Å²) in [7, 11) is 1.55. The van der Waals surface area contributed by atoms with Gasteiger partial charge in [-0.3, -0.25) is 0 Å². The lowest BCUT2D eigenvalue weighted by Crippen LogP contribution is -1.85. The minimum Gasteiger partial charge on any atom is -0.507 e. The molecule has 1 N–H and O–H groups in total. The van der Waals surface area contributed by atoms with E-state index < -0.39 is 0 Å². The molecular formula is C12H12N2O3. The van der Waals surface area contributed by atoms with Gasteiger partial charge in [0.25, 0.3) is 5.89 Å². The third-order valence-corrected chi connectivity index (χ3v) is 2.82. The number of aromatic nitrogens is 2. The highest BCUT2D eigenvalue weighted by Gasteiger charge is 2.29. The second-order valence-electron chi connectivity index (χ2n) is 4.12. The summed E-state index contributed by atoms with van der Waals surface area (Å²) < 4.78 is 10.2. The van der Waals surface area contributed by atoms with Gasteiger partial charge in [-0.15, -0.1) is 0 Å². The predicted octanol–water partition coefficient (Wildman–Crippen LogP) is 2.33.